The van der Waals surface area contributed by atoms with Crippen LogP contribution in [-0.4, -0.2) is 61.0 Å². The van der Waals surface area contributed by atoms with Crippen LogP contribution in [0, 0.1) is 0 Å². The lowest BCUT2D eigenvalue weighted by atomic mass is 10.0. The maximum absolute atomic E-state index is 12.1. The second kappa shape index (κ2) is 8.29. The van der Waals surface area contributed by atoms with Gasteiger partial charge in [-0.2, -0.15) is 0 Å². The molecule has 0 unspecified atom stereocenters. The molecule has 0 spiro atoms. The summed E-state index contributed by atoms with van der Waals surface area (Å²) in [4.78, 5) is 27.9. The van der Waals surface area contributed by atoms with Crippen molar-refractivity contribution in [1.82, 2.24) is 20.4 Å². The minimum atomic E-state index is -0.462. The van der Waals surface area contributed by atoms with Crippen molar-refractivity contribution in [2.24, 2.45) is 0 Å². The Labute approximate surface area is 154 Å². The molecule has 3 amide bonds. The van der Waals surface area contributed by atoms with Gasteiger partial charge in [0.25, 0.3) is 0 Å². The fourth-order valence-corrected chi connectivity index (χ4v) is 3.42. The first-order chi connectivity index (χ1) is 12.6. The monoisotopic (exact) mass is 354 g/mol. The van der Waals surface area contributed by atoms with Crippen LogP contribution >= 0.6 is 0 Å². The first-order valence-corrected chi connectivity index (χ1v) is 9.04. The second-order valence-corrected chi connectivity index (χ2v) is 6.69. The van der Waals surface area contributed by atoms with Crippen molar-refractivity contribution in [3.05, 3.63) is 48.0 Å². The van der Waals surface area contributed by atoms with Crippen LogP contribution in [0.15, 0.2) is 42.5 Å². The van der Waals surface area contributed by atoms with E-state index in [9.17, 15) is 9.59 Å². The third-order valence-corrected chi connectivity index (χ3v) is 5.07. The van der Waals surface area contributed by atoms with E-state index < -0.39 is 6.03 Å². The zero-order valence-electron chi connectivity index (χ0n) is 15.4. The molecule has 0 saturated carbocycles. The molecule has 1 saturated heterocycles. The van der Waals surface area contributed by atoms with E-state index >= 15 is 0 Å². The number of urea groups is 1. The van der Waals surface area contributed by atoms with Crippen molar-refractivity contribution in [2.75, 3.05) is 33.2 Å². The zero-order chi connectivity index (χ0) is 18.5. The van der Waals surface area contributed by atoms with Gasteiger partial charge < -0.3 is 5.32 Å². The van der Waals surface area contributed by atoms with Crippen molar-refractivity contribution in [3.63, 3.8) is 0 Å². The van der Waals surface area contributed by atoms with Crippen LogP contribution in [0.3, 0.4) is 0 Å². The van der Waals surface area contributed by atoms with E-state index in [0.29, 0.717) is 0 Å². The zero-order valence-corrected chi connectivity index (χ0v) is 15.4. The van der Waals surface area contributed by atoms with Gasteiger partial charge in [-0.1, -0.05) is 42.5 Å². The van der Waals surface area contributed by atoms with Crippen LogP contribution in [0.2, 0.25) is 0 Å². The number of imide groups is 1. The summed E-state index contributed by atoms with van der Waals surface area (Å²) < 4.78 is 0. The van der Waals surface area contributed by atoms with Crippen molar-refractivity contribution < 1.29 is 9.59 Å². The topological polar surface area (TPSA) is 64.7 Å². The summed E-state index contributed by atoms with van der Waals surface area (Å²) in [6.07, 6.45) is 0. The minimum absolute atomic E-state index is 0.258. The lowest BCUT2D eigenvalue weighted by Gasteiger charge is -2.37. The smallest absolute Gasteiger partial charge is 0.321 e. The normalized spacial score (nSPS) is 17.0. The molecule has 0 bridgehead atoms. The predicted octanol–water partition coefficient (Wildman–Crippen LogP) is 1.80. The summed E-state index contributed by atoms with van der Waals surface area (Å²) in [6, 6.07) is 14.1. The van der Waals surface area contributed by atoms with E-state index in [2.05, 4.69) is 62.9 Å². The fourth-order valence-electron chi connectivity index (χ4n) is 3.42. The van der Waals surface area contributed by atoms with Gasteiger partial charge in [0.2, 0.25) is 5.91 Å². The number of nitrogens with zero attached hydrogens (tertiary/aromatic N) is 2. The Bertz CT molecular complexity index is 779. The highest BCUT2D eigenvalue weighted by Crippen LogP contribution is 2.20. The van der Waals surface area contributed by atoms with Gasteiger partial charge >= 0.3 is 6.03 Å². The number of hydrogen-bond acceptors (Lipinski definition) is 4. The molecule has 3 rings (SSSR count). The number of benzene rings is 2. The number of nitrogens with one attached hydrogen (secondary N) is 2. The summed E-state index contributed by atoms with van der Waals surface area (Å²) in [7, 11) is 1.50. The number of amides is 3. The Morgan fingerprint density at radius 2 is 1.73 bits per heavy atom. The second-order valence-electron chi connectivity index (χ2n) is 6.69. The molecule has 6 nitrogen and oxygen atoms in total. The minimum Gasteiger partial charge on any atom is -0.341 e. The number of carbonyl (C=O) groups excluding carboxylic acids is 2. The molecule has 0 aromatic heterocycles. The molecule has 1 atom stereocenters. The maximum atomic E-state index is 12.1. The van der Waals surface area contributed by atoms with E-state index in [1.54, 1.807) is 0 Å². The first-order valence-electron chi connectivity index (χ1n) is 9.04. The number of carbonyl (C=O) groups is 2. The molecule has 2 N–H and O–H groups in total. The predicted molar refractivity (Wildman–Crippen MR) is 103 cm³/mol. The van der Waals surface area contributed by atoms with E-state index in [0.717, 1.165) is 32.7 Å². The molecule has 138 valence electrons. The summed E-state index contributed by atoms with van der Waals surface area (Å²) >= 11 is 0. The lowest BCUT2D eigenvalue weighted by molar-refractivity contribution is -0.125. The molecule has 1 heterocycles. The Morgan fingerprint density at radius 3 is 2.46 bits per heavy atom. The quantitative estimate of drug-likeness (QED) is 0.879. The van der Waals surface area contributed by atoms with Crippen LogP contribution in [0.5, 0.6) is 0 Å². The largest absolute Gasteiger partial charge is 0.341 e. The standard InChI is InChI=1S/C20H26N4O2/c1-15(19(25)22-20(26)21-2)24-12-10-23(11-13-24)14-17-8-5-7-16-6-3-4-9-18(16)17/h3-9,15H,10-14H2,1-2H3,(H2,21,22,25,26)/t15-/m1/s1. The first kappa shape index (κ1) is 18.4. The highest BCUT2D eigenvalue weighted by molar-refractivity contribution is 5.96. The Morgan fingerprint density at radius 1 is 1.04 bits per heavy atom. The van der Waals surface area contributed by atoms with Crippen LogP contribution in [0.25, 0.3) is 10.8 Å². The molecule has 6 heteroatoms. The fraction of sp³-hybridized carbons (Fsp3) is 0.400. The number of piperazine rings is 1. The van der Waals surface area contributed by atoms with Crippen molar-refractivity contribution in [1.29, 1.82) is 0 Å². The van der Waals surface area contributed by atoms with Gasteiger partial charge in [-0.15, -0.1) is 0 Å². The van der Waals surface area contributed by atoms with Gasteiger partial charge in [-0.05, 0) is 23.3 Å². The average molecular weight is 354 g/mol. The Kier molecular flexibility index (Phi) is 5.85. The van der Waals surface area contributed by atoms with E-state index in [1.807, 2.05) is 6.92 Å². The highest BCUT2D eigenvalue weighted by atomic mass is 16.2. The number of fused-ring (bicyclic) bond motifs is 1. The molecule has 2 aromatic carbocycles. The van der Waals surface area contributed by atoms with E-state index in [1.165, 1.54) is 23.4 Å². The molecule has 26 heavy (non-hydrogen) atoms. The molecule has 1 aliphatic heterocycles. The SMILES string of the molecule is CNC(=O)NC(=O)[C@@H](C)N1CCN(Cc2cccc3ccccc23)CC1. The van der Waals surface area contributed by atoms with Crippen LogP contribution in [-0.2, 0) is 11.3 Å². The Hall–Kier alpha value is -2.44. The number of hydrogen-bond donors (Lipinski definition) is 2. The molecular weight excluding hydrogens is 328 g/mol. The summed E-state index contributed by atoms with van der Waals surface area (Å²) in [5.41, 5.74) is 1.34. The van der Waals surface area contributed by atoms with Crippen LogP contribution in [0.1, 0.15) is 12.5 Å². The van der Waals surface area contributed by atoms with Gasteiger partial charge in [0, 0.05) is 39.8 Å². The molecular formula is C20H26N4O2. The van der Waals surface area contributed by atoms with Crippen molar-refractivity contribution in [3.8, 4) is 0 Å². The van der Waals surface area contributed by atoms with E-state index in [4.69, 9.17) is 0 Å². The molecule has 1 aliphatic rings. The third-order valence-electron chi connectivity index (χ3n) is 5.07. The summed E-state index contributed by atoms with van der Waals surface area (Å²) in [5.74, 6) is -0.258. The highest BCUT2D eigenvalue weighted by Gasteiger charge is 2.26. The maximum Gasteiger partial charge on any atom is 0.321 e. The number of rotatable bonds is 4. The van der Waals surface area contributed by atoms with Gasteiger partial charge in [0.15, 0.2) is 0 Å². The van der Waals surface area contributed by atoms with Gasteiger partial charge in [0.1, 0.15) is 0 Å². The Balaban J connectivity index is 1.57. The molecule has 0 aliphatic carbocycles. The molecule has 1 fully saturated rings. The molecule has 2 aromatic rings. The van der Waals surface area contributed by atoms with Crippen molar-refractivity contribution in [2.45, 2.75) is 19.5 Å². The van der Waals surface area contributed by atoms with Crippen LogP contribution < -0.4 is 10.6 Å². The van der Waals surface area contributed by atoms with Crippen LogP contribution in [0.4, 0.5) is 4.79 Å². The average Bonchev–Trinajstić information content (AvgIpc) is 2.68. The van der Waals surface area contributed by atoms with Crippen molar-refractivity contribution >= 4 is 22.7 Å². The van der Waals surface area contributed by atoms with E-state index in [-0.39, 0.29) is 11.9 Å². The third kappa shape index (κ3) is 4.20. The van der Waals surface area contributed by atoms with Gasteiger partial charge in [-0.3, -0.25) is 19.9 Å². The molecule has 0 radical (unpaired) electrons. The lowest BCUT2D eigenvalue weighted by Crippen LogP contribution is -2.55. The van der Waals surface area contributed by atoms with Gasteiger partial charge in [0.05, 0.1) is 6.04 Å². The summed E-state index contributed by atoms with van der Waals surface area (Å²) in [5, 5.41) is 7.33. The summed E-state index contributed by atoms with van der Waals surface area (Å²) in [6.45, 7) is 6.19. The van der Waals surface area contributed by atoms with Gasteiger partial charge in [-0.25, -0.2) is 4.79 Å².